The lowest BCUT2D eigenvalue weighted by Gasteiger charge is -2.05. The summed E-state index contributed by atoms with van der Waals surface area (Å²) >= 11 is 5.88. The summed E-state index contributed by atoms with van der Waals surface area (Å²) in [5.74, 6) is 0.0565. The number of carbonyl (C=O) groups excluding carboxylic acids is 1. The van der Waals surface area contributed by atoms with Crippen molar-refractivity contribution in [1.29, 1.82) is 5.26 Å². The maximum absolute atomic E-state index is 12.0. The molecule has 1 N–H and O–H groups in total. The lowest BCUT2D eigenvalue weighted by atomic mass is 10.1. The molecule has 0 spiro atoms. The van der Waals surface area contributed by atoms with E-state index in [4.69, 9.17) is 16.9 Å². The Bertz CT molecular complexity index is 700. The van der Waals surface area contributed by atoms with E-state index in [0.717, 1.165) is 5.56 Å². The van der Waals surface area contributed by atoms with Crippen LogP contribution in [0.4, 0.5) is 5.82 Å². The molecule has 1 aromatic heterocycles. The number of nitrogens with one attached hydrogen (secondary N) is 1. The quantitative estimate of drug-likeness (QED) is 0.943. The second-order valence-corrected chi connectivity index (χ2v) is 5.37. The van der Waals surface area contributed by atoms with Gasteiger partial charge in [0.2, 0.25) is 5.91 Å². The van der Waals surface area contributed by atoms with E-state index >= 15 is 0 Å². The minimum Gasteiger partial charge on any atom is -0.308 e. The van der Waals surface area contributed by atoms with Gasteiger partial charge < -0.3 is 5.32 Å². The summed E-state index contributed by atoms with van der Waals surface area (Å²) in [6, 6.07) is 9.25. The number of amides is 1. The largest absolute Gasteiger partial charge is 0.308 e. The molecule has 0 bridgehead atoms. The number of hydrogen-bond donors (Lipinski definition) is 1. The fourth-order valence-electron chi connectivity index (χ4n) is 1.84. The average Bonchev–Trinajstić information content (AvgIpc) is 2.81. The van der Waals surface area contributed by atoms with E-state index in [-0.39, 0.29) is 18.4 Å². The van der Waals surface area contributed by atoms with Crippen LogP contribution < -0.4 is 5.32 Å². The highest BCUT2D eigenvalue weighted by Crippen LogP contribution is 2.16. The summed E-state index contributed by atoms with van der Waals surface area (Å²) in [6.07, 6.45) is 1.81. The van der Waals surface area contributed by atoms with E-state index in [1.807, 2.05) is 26.0 Å². The Labute approximate surface area is 128 Å². The molecular weight excluding hydrogens is 288 g/mol. The first-order valence-electron chi connectivity index (χ1n) is 6.53. The molecule has 0 saturated carbocycles. The van der Waals surface area contributed by atoms with Gasteiger partial charge in [0.15, 0.2) is 5.82 Å². The summed E-state index contributed by atoms with van der Waals surface area (Å²) in [6.45, 7) is 3.90. The van der Waals surface area contributed by atoms with Crippen molar-refractivity contribution in [3.05, 3.63) is 46.6 Å². The number of hydrogen-bond acceptors (Lipinski definition) is 3. The minimum absolute atomic E-state index is 0.121. The molecule has 108 valence electrons. The van der Waals surface area contributed by atoms with Gasteiger partial charge in [0.1, 0.15) is 11.6 Å². The number of carbonyl (C=O) groups is 1. The van der Waals surface area contributed by atoms with E-state index in [1.54, 1.807) is 29.1 Å². The summed E-state index contributed by atoms with van der Waals surface area (Å²) in [4.78, 5) is 12.0. The first-order valence-corrected chi connectivity index (χ1v) is 6.91. The van der Waals surface area contributed by atoms with Gasteiger partial charge in [0.05, 0.1) is 6.42 Å². The van der Waals surface area contributed by atoms with Crippen LogP contribution in [-0.4, -0.2) is 15.7 Å². The standard InChI is InChI=1S/C15H15ClN4O/c1-10(2)20-9-12(8-17)15(19-20)18-14(21)7-11-4-3-5-13(16)6-11/h3-6,9-10H,7H2,1-2H3,(H,18,19,21). The first-order chi connectivity index (χ1) is 9.99. The SMILES string of the molecule is CC(C)n1cc(C#N)c(NC(=O)Cc2cccc(Cl)c2)n1. The van der Waals surface area contributed by atoms with E-state index in [9.17, 15) is 4.79 Å². The number of benzene rings is 1. The highest BCUT2D eigenvalue weighted by molar-refractivity contribution is 6.30. The van der Waals surface area contributed by atoms with Crippen molar-refractivity contribution >= 4 is 23.3 Å². The van der Waals surface area contributed by atoms with Gasteiger partial charge in [-0.1, -0.05) is 23.7 Å². The van der Waals surface area contributed by atoms with Crippen molar-refractivity contribution in [3.8, 4) is 6.07 Å². The molecule has 1 aromatic carbocycles. The molecule has 5 nitrogen and oxygen atoms in total. The molecule has 21 heavy (non-hydrogen) atoms. The molecule has 0 radical (unpaired) electrons. The van der Waals surface area contributed by atoms with Crippen LogP contribution in [0.2, 0.25) is 5.02 Å². The van der Waals surface area contributed by atoms with Crippen molar-refractivity contribution in [3.63, 3.8) is 0 Å². The van der Waals surface area contributed by atoms with Crippen LogP contribution in [-0.2, 0) is 11.2 Å². The Balaban J connectivity index is 2.11. The Kier molecular flexibility index (Phi) is 4.61. The molecule has 0 aliphatic heterocycles. The Morgan fingerprint density at radius 2 is 2.29 bits per heavy atom. The highest BCUT2D eigenvalue weighted by Gasteiger charge is 2.13. The third-order valence-corrected chi connectivity index (χ3v) is 3.13. The normalized spacial score (nSPS) is 10.4. The third-order valence-electron chi connectivity index (χ3n) is 2.89. The van der Waals surface area contributed by atoms with Crippen molar-refractivity contribution in [1.82, 2.24) is 9.78 Å². The molecule has 0 aliphatic carbocycles. The molecule has 2 rings (SSSR count). The fraction of sp³-hybridized carbons (Fsp3) is 0.267. The van der Waals surface area contributed by atoms with Gasteiger partial charge >= 0.3 is 0 Å². The average molecular weight is 303 g/mol. The number of anilines is 1. The zero-order valence-corrected chi connectivity index (χ0v) is 12.6. The lowest BCUT2D eigenvalue weighted by molar-refractivity contribution is -0.115. The van der Waals surface area contributed by atoms with Gasteiger partial charge in [0, 0.05) is 17.3 Å². The first kappa shape index (κ1) is 15.1. The van der Waals surface area contributed by atoms with Crippen molar-refractivity contribution in [2.75, 3.05) is 5.32 Å². The van der Waals surface area contributed by atoms with E-state index in [0.29, 0.717) is 16.4 Å². The lowest BCUT2D eigenvalue weighted by Crippen LogP contribution is -2.16. The summed E-state index contributed by atoms with van der Waals surface area (Å²) in [7, 11) is 0. The van der Waals surface area contributed by atoms with Gasteiger partial charge in [-0.15, -0.1) is 0 Å². The summed E-state index contributed by atoms with van der Waals surface area (Å²) in [5.41, 5.74) is 1.16. The van der Waals surface area contributed by atoms with E-state index in [2.05, 4.69) is 10.4 Å². The Morgan fingerprint density at radius 3 is 2.90 bits per heavy atom. The fourth-order valence-corrected chi connectivity index (χ4v) is 2.05. The minimum atomic E-state index is -0.234. The number of nitriles is 1. The van der Waals surface area contributed by atoms with Crippen LogP contribution in [0.15, 0.2) is 30.5 Å². The van der Waals surface area contributed by atoms with Crippen molar-refractivity contribution in [2.45, 2.75) is 26.3 Å². The smallest absolute Gasteiger partial charge is 0.230 e. The van der Waals surface area contributed by atoms with E-state index < -0.39 is 0 Å². The molecular formula is C15H15ClN4O. The van der Waals surface area contributed by atoms with Gasteiger partial charge in [-0.05, 0) is 31.5 Å². The van der Waals surface area contributed by atoms with Gasteiger partial charge in [0.25, 0.3) is 0 Å². The molecule has 2 aromatic rings. The van der Waals surface area contributed by atoms with Crippen molar-refractivity contribution in [2.24, 2.45) is 0 Å². The van der Waals surface area contributed by atoms with Crippen molar-refractivity contribution < 1.29 is 4.79 Å². The Hall–Kier alpha value is -2.32. The van der Waals surface area contributed by atoms with Gasteiger partial charge in [-0.2, -0.15) is 10.4 Å². The predicted molar refractivity (Wildman–Crippen MR) is 81.1 cm³/mol. The number of aromatic nitrogens is 2. The summed E-state index contributed by atoms with van der Waals surface area (Å²) in [5, 5.41) is 16.5. The zero-order chi connectivity index (χ0) is 15.4. The second-order valence-electron chi connectivity index (χ2n) is 4.93. The van der Waals surface area contributed by atoms with Gasteiger partial charge in [-0.25, -0.2) is 0 Å². The van der Waals surface area contributed by atoms with Crippen LogP contribution in [0.1, 0.15) is 31.0 Å². The zero-order valence-electron chi connectivity index (χ0n) is 11.8. The molecule has 1 amide bonds. The molecule has 1 heterocycles. The third kappa shape index (κ3) is 3.83. The van der Waals surface area contributed by atoms with Gasteiger partial charge in [-0.3, -0.25) is 9.48 Å². The maximum Gasteiger partial charge on any atom is 0.230 e. The summed E-state index contributed by atoms with van der Waals surface area (Å²) < 4.78 is 1.65. The second kappa shape index (κ2) is 6.42. The number of rotatable bonds is 4. The van der Waals surface area contributed by atoms with Crippen LogP contribution in [0.3, 0.4) is 0 Å². The predicted octanol–water partition coefficient (Wildman–Crippen LogP) is 3.17. The van der Waals surface area contributed by atoms with Crippen LogP contribution >= 0.6 is 11.6 Å². The number of nitrogens with zero attached hydrogens (tertiary/aromatic N) is 3. The molecule has 6 heteroatoms. The van der Waals surface area contributed by atoms with Crippen LogP contribution in [0.25, 0.3) is 0 Å². The topological polar surface area (TPSA) is 70.7 Å². The molecule has 0 atom stereocenters. The number of halogens is 1. The monoisotopic (exact) mass is 302 g/mol. The molecule has 0 aliphatic rings. The molecule has 0 saturated heterocycles. The van der Waals surface area contributed by atoms with E-state index in [1.165, 1.54) is 0 Å². The molecule has 0 unspecified atom stereocenters. The van der Waals surface area contributed by atoms with Crippen LogP contribution in [0, 0.1) is 11.3 Å². The maximum atomic E-state index is 12.0. The Morgan fingerprint density at radius 1 is 1.52 bits per heavy atom. The van der Waals surface area contributed by atoms with Crippen LogP contribution in [0.5, 0.6) is 0 Å². The highest BCUT2D eigenvalue weighted by atomic mass is 35.5. The molecule has 0 fully saturated rings.